The highest BCUT2D eigenvalue weighted by Gasteiger charge is 2.36. The van der Waals surface area contributed by atoms with Crippen LogP contribution in [-0.4, -0.2) is 42.2 Å². The fourth-order valence-electron chi connectivity index (χ4n) is 2.43. The minimum atomic E-state index is -0.436. The van der Waals surface area contributed by atoms with E-state index in [1.807, 2.05) is 32.9 Å². The summed E-state index contributed by atoms with van der Waals surface area (Å²) in [5.74, 6) is 0.00624. The van der Waals surface area contributed by atoms with Crippen molar-refractivity contribution < 1.29 is 19.1 Å². The molecule has 1 fully saturated rings. The maximum atomic E-state index is 12.5. The van der Waals surface area contributed by atoms with Gasteiger partial charge in [-0.1, -0.05) is 6.92 Å². The Morgan fingerprint density at radius 3 is 2.64 bits per heavy atom. The Morgan fingerprint density at radius 2 is 2.00 bits per heavy atom. The molecule has 0 unspecified atom stereocenters. The molecule has 1 heterocycles. The van der Waals surface area contributed by atoms with E-state index in [-0.39, 0.29) is 12.5 Å². The lowest BCUT2D eigenvalue weighted by atomic mass is 10.0. The van der Waals surface area contributed by atoms with Crippen molar-refractivity contribution in [3.8, 4) is 5.75 Å². The average molecular weight is 362 g/mol. The predicted octanol–water partition coefficient (Wildman–Crippen LogP) is 2.87. The molecule has 1 saturated heterocycles. The summed E-state index contributed by atoms with van der Waals surface area (Å²) < 4.78 is 5.28. The topological polar surface area (TPSA) is 75.7 Å². The third-order valence-electron chi connectivity index (χ3n) is 3.82. The molecule has 0 aliphatic carbocycles. The highest BCUT2D eigenvalue weighted by atomic mass is 32.2. The maximum Gasteiger partial charge on any atom is 0.294 e. The highest BCUT2D eigenvalue weighted by molar-refractivity contribution is 8.18. The molecule has 1 N–H and O–H groups in total. The second-order valence-corrected chi connectivity index (χ2v) is 6.79. The quantitative estimate of drug-likeness (QED) is 0.788. The molecule has 1 aliphatic rings. The van der Waals surface area contributed by atoms with E-state index in [2.05, 4.69) is 5.32 Å². The summed E-state index contributed by atoms with van der Waals surface area (Å²) in [6.07, 6.45) is 2.49. The first kappa shape index (κ1) is 19.1. The van der Waals surface area contributed by atoms with Gasteiger partial charge in [-0.3, -0.25) is 19.3 Å². The molecule has 2 rings (SSSR count). The molecule has 7 heteroatoms. The van der Waals surface area contributed by atoms with Crippen LogP contribution in [-0.2, 0) is 9.59 Å². The van der Waals surface area contributed by atoms with E-state index in [4.69, 9.17) is 4.74 Å². The van der Waals surface area contributed by atoms with Crippen molar-refractivity contribution in [2.45, 2.75) is 27.2 Å². The van der Waals surface area contributed by atoms with E-state index in [0.29, 0.717) is 11.4 Å². The number of carbonyl (C=O) groups is 3. The van der Waals surface area contributed by atoms with Crippen molar-refractivity contribution in [2.75, 3.05) is 20.2 Å². The molecule has 0 spiro atoms. The standard InChI is InChI=1S/C18H22N2O4S/c1-5-6-19-16(21)10-20-17(22)15(25-18(20)23)9-13-7-12(3)14(24-4)8-11(13)2/h7-9H,5-6,10H2,1-4H3,(H,19,21)/b15-9-. The molecule has 3 amide bonds. The summed E-state index contributed by atoms with van der Waals surface area (Å²) in [5, 5.41) is 2.24. The van der Waals surface area contributed by atoms with Gasteiger partial charge < -0.3 is 10.1 Å². The lowest BCUT2D eigenvalue weighted by molar-refractivity contribution is -0.129. The van der Waals surface area contributed by atoms with Crippen LogP contribution in [0.15, 0.2) is 17.0 Å². The minimum Gasteiger partial charge on any atom is -0.496 e. The zero-order chi connectivity index (χ0) is 18.6. The Labute approximate surface area is 151 Å². The first-order valence-electron chi connectivity index (χ1n) is 8.04. The van der Waals surface area contributed by atoms with Crippen LogP contribution in [0.3, 0.4) is 0 Å². The Kier molecular flexibility index (Phi) is 6.25. The van der Waals surface area contributed by atoms with Gasteiger partial charge in [-0.05, 0) is 66.9 Å². The SMILES string of the molecule is CCCNC(=O)CN1C(=O)S/C(=C\c2cc(C)c(OC)cc2C)C1=O. The molecule has 1 aromatic rings. The van der Waals surface area contributed by atoms with Gasteiger partial charge in [0, 0.05) is 6.54 Å². The second kappa shape index (κ2) is 8.20. The number of aryl methyl sites for hydroxylation is 2. The fraction of sp³-hybridized carbons (Fsp3) is 0.389. The van der Waals surface area contributed by atoms with E-state index >= 15 is 0 Å². The van der Waals surface area contributed by atoms with Crippen LogP contribution >= 0.6 is 11.8 Å². The molecule has 0 atom stereocenters. The number of nitrogens with one attached hydrogen (secondary N) is 1. The first-order chi connectivity index (χ1) is 11.9. The Balaban J connectivity index is 2.20. The fourth-order valence-corrected chi connectivity index (χ4v) is 3.26. The number of hydrogen-bond acceptors (Lipinski definition) is 5. The van der Waals surface area contributed by atoms with Crippen molar-refractivity contribution in [1.29, 1.82) is 0 Å². The third kappa shape index (κ3) is 4.42. The third-order valence-corrected chi connectivity index (χ3v) is 4.72. The number of benzene rings is 1. The van der Waals surface area contributed by atoms with E-state index in [0.717, 1.165) is 45.5 Å². The summed E-state index contributed by atoms with van der Waals surface area (Å²) in [7, 11) is 1.61. The molecule has 1 aliphatic heterocycles. The second-order valence-electron chi connectivity index (χ2n) is 5.80. The van der Waals surface area contributed by atoms with Crippen LogP contribution in [0.25, 0.3) is 6.08 Å². The molecule has 6 nitrogen and oxygen atoms in total. The number of hydrogen-bond donors (Lipinski definition) is 1. The molecule has 0 saturated carbocycles. The molecular weight excluding hydrogens is 340 g/mol. The summed E-state index contributed by atoms with van der Waals surface area (Å²) in [5.41, 5.74) is 2.73. The average Bonchev–Trinajstić information content (AvgIpc) is 2.83. The van der Waals surface area contributed by atoms with Crippen LogP contribution < -0.4 is 10.1 Å². The summed E-state index contributed by atoms with van der Waals surface area (Å²) >= 11 is 0.854. The number of carbonyl (C=O) groups excluding carboxylic acids is 3. The number of imide groups is 1. The highest BCUT2D eigenvalue weighted by Crippen LogP contribution is 2.33. The largest absolute Gasteiger partial charge is 0.496 e. The Morgan fingerprint density at radius 1 is 1.28 bits per heavy atom. The van der Waals surface area contributed by atoms with E-state index in [9.17, 15) is 14.4 Å². The number of amides is 3. The van der Waals surface area contributed by atoms with Gasteiger partial charge in [0.2, 0.25) is 5.91 Å². The van der Waals surface area contributed by atoms with Gasteiger partial charge in [-0.25, -0.2) is 0 Å². The molecule has 25 heavy (non-hydrogen) atoms. The molecule has 0 radical (unpaired) electrons. The van der Waals surface area contributed by atoms with Crippen LogP contribution in [0.5, 0.6) is 5.75 Å². The Hall–Kier alpha value is -2.28. The zero-order valence-electron chi connectivity index (χ0n) is 14.8. The smallest absolute Gasteiger partial charge is 0.294 e. The van der Waals surface area contributed by atoms with Gasteiger partial charge in [0.05, 0.1) is 12.0 Å². The number of ether oxygens (including phenoxy) is 1. The van der Waals surface area contributed by atoms with E-state index < -0.39 is 11.1 Å². The van der Waals surface area contributed by atoms with Crippen molar-refractivity contribution in [2.24, 2.45) is 0 Å². The van der Waals surface area contributed by atoms with Gasteiger partial charge in [0.1, 0.15) is 12.3 Å². The van der Waals surface area contributed by atoms with Crippen molar-refractivity contribution in [1.82, 2.24) is 10.2 Å². The van der Waals surface area contributed by atoms with E-state index in [1.165, 1.54) is 0 Å². The van der Waals surface area contributed by atoms with Crippen LogP contribution in [0.4, 0.5) is 4.79 Å². The molecule has 0 bridgehead atoms. The number of rotatable bonds is 6. The van der Waals surface area contributed by atoms with Gasteiger partial charge >= 0.3 is 0 Å². The minimum absolute atomic E-state index is 0.247. The van der Waals surface area contributed by atoms with Crippen LogP contribution in [0.2, 0.25) is 0 Å². The lowest BCUT2D eigenvalue weighted by Gasteiger charge is -2.12. The van der Waals surface area contributed by atoms with Crippen LogP contribution in [0.1, 0.15) is 30.0 Å². The van der Waals surface area contributed by atoms with E-state index in [1.54, 1.807) is 13.2 Å². The number of methoxy groups -OCH3 is 1. The summed E-state index contributed by atoms with van der Waals surface area (Å²) in [4.78, 5) is 37.6. The monoisotopic (exact) mass is 362 g/mol. The van der Waals surface area contributed by atoms with Crippen molar-refractivity contribution in [3.05, 3.63) is 33.7 Å². The first-order valence-corrected chi connectivity index (χ1v) is 8.86. The zero-order valence-corrected chi connectivity index (χ0v) is 15.7. The lowest BCUT2D eigenvalue weighted by Crippen LogP contribution is -2.39. The summed E-state index contributed by atoms with van der Waals surface area (Å²) in [6, 6.07) is 3.81. The molecular formula is C18H22N2O4S. The molecule has 134 valence electrons. The van der Waals surface area contributed by atoms with Gasteiger partial charge in [0.25, 0.3) is 11.1 Å². The number of nitrogens with zero attached hydrogens (tertiary/aromatic N) is 1. The van der Waals surface area contributed by atoms with Gasteiger partial charge in [0.15, 0.2) is 0 Å². The molecule has 0 aromatic heterocycles. The van der Waals surface area contributed by atoms with Crippen molar-refractivity contribution in [3.63, 3.8) is 0 Å². The number of thioether (sulfide) groups is 1. The molecule has 1 aromatic carbocycles. The van der Waals surface area contributed by atoms with Crippen molar-refractivity contribution >= 4 is 34.9 Å². The Bertz CT molecular complexity index is 743. The maximum absolute atomic E-state index is 12.5. The summed E-state index contributed by atoms with van der Waals surface area (Å²) in [6.45, 7) is 6.04. The predicted molar refractivity (Wildman–Crippen MR) is 98.4 cm³/mol. The van der Waals surface area contributed by atoms with Crippen LogP contribution in [0, 0.1) is 13.8 Å². The van der Waals surface area contributed by atoms with Gasteiger partial charge in [-0.15, -0.1) is 0 Å². The van der Waals surface area contributed by atoms with Gasteiger partial charge in [-0.2, -0.15) is 0 Å². The normalized spacial score (nSPS) is 15.8.